The third-order valence-corrected chi connectivity index (χ3v) is 9.62. The second-order valence-electron chi connectivity index (χ2n) is 16.1. The van der Waals surface area contributed by atoms with Gasteiger partial charge >= 0.3 is 6.09 Å². The highest BCUT2D eigenvalue weighted by atomic mass is 16.6. The fraction of sp³-hybridized carbons (Fsp3) is 0.513. The molecule has 2 unspecified atom stereocenters. The van der Waals surface area contributed by atoms with Crippen LogP contribution in [0.4, 0.5) is 4.79 Å². The van der Waals surface area contributed by atoms with E-state index in [1.807, 2.05) is 44.2 Å². The Bertz CT molecular complexity index is 1630. The van der Waals surface area contributed by atoms with Crippen LogP contribution in [0.25, 0.3) is 0 Å². The van der Waals surface area contributed by atoms with Crippen LogP contribution in [0.15, 0.2) is 67.4 Å². The van der Waals surface area contributed by atoms with Gasteiger partial charge in [-0.1, -0.05) is 77.1 Å². The van der Waals surface area contributed by atoms with Gasteiger partial charge in [0.2, 0.25) is 23.5 Å². The molecule has 0 radical (unpaired) electrons. The van der Waals surface area contributed by atoms with E-state index in [2.05, 4.69) is 32.8 Å². The van der Waals surface area contributed by atoms with Gasteiger partial charge in [-0.25, -0.2) is 4.79 Å². The van der Waals surface area contributed by atoms with Crippen molar-refractivity contribution in [2.45, 2.75) is 91.6 Å². The minimum Gasteiger partial charge on any atom is -0.444 e. The lowest BCUT2D eigenvalue weighted by Gasteiger charge is -2.38. The van der Waals surface area contributed by atoms with E-state index in [0.29, 0.717) is 5.69 Å². The Balaban J connectivity index is 1.45. The maximum atomic E-state index is 14.1. The first kappa shape index (κ1) is 39.7. The molecule has 2 aliphatic rings. The molecule has 2 heterocycles. The van der Waals surface area contributed by atoms with Gasteiger partial charge in [-0.05, 0) is 67.6 Å². The Morgan fingerprint density at radius 1 is 0.962 bits per heavy atom. The number of rotatable bonds is 13. The molecule has 1 aromatic heterocycles. The summed E-state index contributed by atoms with van der Waals surface area (Å²) in [7, 11) is 0. The number of likely N-dealkylation sites (tertiary alicyclic amines) is 1. The number of carbonyl (C=O) groups is 6. The topological polar surface area (TPSA) is 176 Å². The molecule has 4 N–H and O–H groups in total. The first-order chi connectivity index (χ1) is 24.3. The van der Waals surface area contributed by atoms with Crippen LogP contribution in [0.5, 0.6) is 0 Å². The van der Waals surface area contributed by atoms with Gasteiger partial charge in [0, 0.05) is 12.7 Å². The zero-order valence-corrected chi connectivity index (χ0v) is 31.3. The van der Waals surface area contributed by atoms with Crippen molar-refractivity contribution in [1.29, 1.82) is 0 Å². The van der Waals surface area contributed by atoms with E-state index >= 15 is 0 Å². The van der Waals surface area contributed by atoms with E-state index in [4.69, 9.17) is 4.74 Å². The zero-order chi connectivity index (χ0) is 38.6. The highest BCUT2D eigenvalue weighted by Gasteiger charge is 2.70. The molecule has 2 aromatic rings. The number of ether oxygens (including phenoxy) is 1. The number of alkyl carbamates (subject to hydrolysis) is 1. The Labute approximate surface area is 305 Å². The molecule has 0 spiro atoms. The first-order valence-corrected chi connectivity index (χ1v) is 17.5. The summed E-state index contributed by atoms with van der Waals surface area (Å²) in [6, 6.07) is 10.7. The van der Waals surface area contributed by atoms with E-state index in [1.54, 1.807) is 65.9 Å². The SMILES string of the molecule is C=CC[C@H](NC(=O)C1[C@@H]2[C@H](CN1C(=O)[C@@H](NC(=O)OC(C)(C)C)C(C)(C)C)C2(C)C)C(=O)C(=O)NCC(=O)NC(c1ccccc1)c1ccccn1. The van der Waals surface area contributed by atoms with Gasteiger partial charge in [0.1, 0.15) is 23.7 Å². The van der Waals surface area contributed by atoms with Gasteiger partial charge in [0.15, 0.2) is 0 Å². The van der Waals surface area contributed by atoms with Gasteiger partial charge in [0.25, 0.3) is 5.91 Å². The summed E-state index contributed by atoms with van der Waals surface area (Å²) in [4.78, 5) is 86.3. The lowest BCUT2D eigenvalue weighted by molar-refractivity contribution is -0.145. The number of Topliss-reactive ketones (excluding diaryl/α,β-unsaturated/α-hetero) is 1. The second-order valence-corrected chi connectivity index (χ2v) is 16.1. The number of nitrogens with one attached hydrogen (secondary N) is 4. The van der Waals surface area contributed by atoms with Gasteiger partial charge < -0.3 is 30.9 Å². The number of carbonyl (C=O) groups excluding carboxylic acids is 6. The summed E-state index contributed by atoms with van der Waals surface area (Å²) in [5.41, 5.74) is -0.398. The number of benzene rings is 1. The van der Waals surface area contributed by atoms with Gasteiger partial charge in [-0.15, -0.1) is 6.58 Å². The molecule has 13 nitrogen and oxygen atoms in total. The largest absolute Gasteiger partial charge is 0.444 e. The monoisotopic (exact) mass is 716 g/mol. The molecular weight excluding hydrogens is 664 g/mol. The quantitative estimate of drug-likeness (QED) is 0.180. The molecule has 52 heavy (non-hydrogen) atoms. The summed E-state index contributed by atoms with van der Waals surface area (Å²) >= 11 is 0. The first-order valence-electron chi connectivity index (χ1n) is 17.5. The number of hydrogen-bond acceptors (Lipinski definition) is 8. The predicted octanol–water partition coefficient (Wildman–Crippen LogP) is 3.46. The molecule has 0 bridgehead atoms. The van der Waals surface area contributed by atoms with Crippen LogP contribution in [0.3, 0.4) is 0 Å². The van der Waals surface area contributed by atoms with Crippen LogP contribution < -0.4 is 21.3 Å². The van der Waals surface area contributed by atoms with Gasteiger partial charge in [-0.3, -0.25) is 29.0 Å². The van der Waals surface area contributed by atoms with E-state index in [9.17, 15) is 28.8 Å². The van der Waals surface area contributed by atoms with Crippen LogP contribution in [-0.4, -0.2) is 82.2 Å². The molecule has 6 atom stereocenters. The smallest absolute Gasteiger partial charge is 0.408 e. The average Bonchev–Trinajstić information content (AvgIpc) is 3.37. The van der Waals surface area contributed by atoms with Crippen molar-refractivity contribution in [2.24, 2.45) is 22.7 Å². The minimum absolute atomic E-state index is 0.0236. The average molecular weight is 717 g/mol. The summed E-state index contributed by atoms with van der Waals surface area (Å²) < 4.78 is 5.42. The fourth-order valence-corrected chi connectivity index (χ4v) is 6.85. The lowest BCUT2D eigenvalue weighted by Crippen LogP contribution is -2.60. The standard InChI is InChI=1S/C39H52N6O7/c1-10-16-26(31(47)34(49)41-21-27(46)43-29(23-17-12-11-13-18-23)25-19-14-15-20-40-25)42-33(48)30-28-24(39(28,8)9)22-45(30)35(50)32(37(2,3)4)44-36(51)52-38(5,6)7/h10-15,17-20,24,26,28-30,32H,1,16,21-22H2,2-9H3,(H,41,49)(H,42,48)(H,43,46)(H,44,51)/t24-,26-,28-,29?,30?,32+/m0/s1. The number of pyridine rings is 1. The van der Waals surface area contributed by atoms with Crippen LogP contribution in [-0.2, 0) is 28.7 Å². The molecule has 280 valence electrons. The Morgan fingerprint density at radius 2 is 1.62 bits per heavy atom. The molecule has 5 amide bonds. The van der Waals surface area contributed by atoms with Crippen LogP contribution in [0.2, 0.25) is 0 Å². The Morgan fingerprint density at radius 3 is 2.19 bits per heavy atom. The maximum Gasteiger partial charge on any atom is 0.408 e. The van der Waals surface area contributed by atoms with E-state index in [1.165, 1.54) is 11.0 Å². The molecule has 13 heteroatoms. The number of aromatic nitrogens is 1. The number of hydrogen-bond donors (Lipinski definition) is 4. The summed E-state index contributed by atoms with van der Waals surface area (Å²) in [5, 5.41) is 10.6. The zero-order valence-electron chi connectivity index (χ0n) is 31.3. The van der Waals surface area contributed by atoms with E-state index in [0.717, 1.165) is 5.56 Å². The Hall–Kier alpha value is -5.07. The molecule has 1 saturated heterocycles. The molecular formula is C39H52N6O7. The van der Waals surface area contributed by atoms with Gasteiger partial charge in [-0.2, -0.15) is 0 Å². The molecule has 1 aromatic carbocycles. The van der Waals surface area contributed by atoms with Crippen molar-refractivity contribution in [2.75, 3.05) is 13.1 Å². The summed E-state index contributed by atoms with van der Waals surface area (Å²) in [5.74, 6) is -3.80. The second kappa shape index (κ2) is 15.7. The molecule has 2 fully saturated rings. The molecule has 4 rings (SSSR count). The highest BCUT2D eigenvalue weighted by molar-refractivity contribution is 6.38. The predicted molar refractivity (Wildman–Crippen MR) is 194 cm³/mol. The number of amides is 5. The Kier molecular flexibility index (Phi) is 12.0. The number of nitrogens with zero attached hydrogens (tertiary/aromatic N) is 2. The molecule has 1 aliphatic carbocycles. The van der Waals surface area contributed by atoms with Crippen LogP contribution in [0, 0.1) is 22.7 Å². The fourth-order valence-electron chi connectivity index (χ4n) is 6.85. The van der Waals surface area contributed by atoms with Crippen molar-refractivity contribution in [1.82, 2.24) is 31.2 Å². The number of ketones is 1. The van der Waals surface area contributed by atoms with Crippen molar-refractivity contribution in [3.8, 4) is 0 Å². The number of piperidine rings is 1. The van der Waals surface area contributed by atoms with Crippen LogP contribution in [0.1, 0.15) is 79.1 Å². The summed E-state index contributed by atoms with van der Waals surface area (Å²) in [6.45, 7) is 18.1. The van der Waals surface area contributed by atoms with Crippen molar-refractivity contribution < 1.29 is 33.5 Å². The third kappa shape index (κ3) is 9.42. The van der Waals surface area contributed by atoms with Crippen molar-refractivity contribution in [3.05, 3.63) is 78.6 Å². The van der Waals surface area contributed by atoms with Crippen molar-refractivity contribution >= 4 is 35.5 Å². The summed E-state index contributed by atoms with van der Waals surface area (Å²) in [6.07, 6.45) is 2.20. The van der Waals surface area contributed by atoms with Crippen LogP contribution >= 0.6 is 0 Å². The lowest BCUT2D eigenvalue weighted by atomic mass is 9.85. The number of fused-ring (bicyclic) bond motifs is 1. The minimum atomic E-state index is -1.30. The third-order valence-electron chi connectivity index (χ3n) is 9.62. The van der Waals surface area contributed by atoms with E-state index < -0.39 is 77.2 Å². The molecule has 1 aliphatic heterocycles. The van der Waals surface area contributed by atoms with E-state index in [-0.39, 0.29) is 30.2 Å². The van der Waals surface area contributed by atoms with Crippen molar-refractivity contribution in [3.63, 3.8) is 0 Å². The normalized spacial score (nSPS) is 20.6. The molecule has 1 saturated carbocycles. The maximum absolute atomic E-state index is 14.1. The van der Waals surface area contributed by atoms with Gasteiger partial charge in [0.05, 0.1) is 18.3 Å². The highest BCUT2D eigenvalue weighted by Crippen LogP contribution is 2.65.